The summed E-state index contributed by atoms with van der Waals surface area (Å²) in [6.07, 6.45) is 0. The van der Waals surface area contributed by atoms with Crippen LogP contribution in [-0.4, -0.2) is 17.4 Å². The zero-order chi connectivity index (χ0) is 0. The van der Waals surface area contributed by atoms with Gasteiger partial charge in [0, 0.05) is 0 Å². The molecule has 0 aliphatic heterocycles. The van der Waals surface area contributed by atoms with Crippen LogP contribution in [0.3, 0.4) is 0 Å². The monoisotopic (exact) mass is 408 g/mol. The molecule has 0 unspecified atom stereocenters. The van der Waals surface area contributed by atoms with Crippen molar-refractivity contribution in [2.24, 2.45) is 0 Å². The summed E-state index contributed by atoms with van der Waals surface area (Å²) in [5, 5.41) is 0. The molecular weight excluding hydrogens is 408 g/mol. The quantitative estimate of drug-likeness (QED) is 0.276. The Morgan fingerprint density at radius 2 is 0.500 bits per heavy atom. The van der Waals surface area contributed by atoms with Crippen LogP contribution < -0.4 is 71.9 Å². The van der Waals surface area contributed by atoms with Crippen LogP contribution in [0.1, 0.15) is 0 Å². The fourth-order valence-electron chi connectivity index (χ4n) is 0. The van der Waals surface area contributed by atoms with Gasteiger partial charge in [-0.05, 0) is 0 Å². The van der Waals surface area contributed by atoms with Crippen molar-refractivity contribution < 1.29 is 71.9 Å². The average Bonchev–Trinajstić information content (AvgIpc) is 0. The Hall–Kier alpha value is 2.72. The standard InChI is InChI=1S/Al.3HI/h;3*1H/q+3;;;/p-3. The largest absolute Gasteiger partial charge is 3.00 e. The second-order valence-electron chi connectivity index (χ2n) is 0. The van der Waals surface area contributed by atoms with E-state index >= 15 is 0 Å². The van der Waals surface area contributed by atoms with Crippen molar-refractivity contribution >= 4 is 17.4 Å². The van der Waals surface area contributed by atoms with Crippen molar-refractivity contribution in [3.8, 4) is 0 Å². The van der Waals surface area contributed by atoms with E-state index in [4.69, 9.17) is 0 Å². The van der Waals surface area contributed by atoms with E-state index in [1.165, 1.54) is 0 Å². The number of rotatable bonds is 0. The predicted molar refractivity (Wildman–Crippen MR) is 5.75 cm³/mol. The fourth-order valence-corrected chi connectivity index (χ4v) is 0. The number of halogens is 3. The smallest absolute Gasteiger partial charge is 1.00 e. The van der Waals surface area contributed by atoms with E-state index in [1.807, 2.05) is 0 Å². The van der Waals surface area contributed by atoms with Crippen molar-refractivity contribution in [2.75, 3.05) is 0 Å². The summed E-state index contributed by atoms with van der Waals surface area (Å²) in [5.41, 5.74) is 0. The first kappa shape index (κ1) is 29.7. The Bertz CT molecular complexity index is 3.25. The molecule has 0 aromatic carbocycles. The van der Waals surface area contributed by atoms with Gasteiger partial charge in [-0.3, -0.25) is 0 Å². The Labute approximate surface area is 87.7 Å². The number of hydrogen-bond acceptors (Lipinski definition) is 0. The minimum Gasteiger partial charge on any atom is -1.00 e. The molecule has 0 spiro atoms. The summed E-state index contributed by atoms with van der Waals surface area (Å²) in [5.74, 6) is 0. The molecule has 0 saturated carbocycles. The van der Waals surface area contributed by atoms with E-state index < -0.39 is 0 Å². The van der Waals surface area contributed by atoms with Crippen LogP contribution in [0, 0.1) is 0 Å². The molecule has 0 atom stereocenters. The van der Waals surface area contributed by atoms with Crippen molar-refractivity contribution in [3.05, 3.63) is 0 Å². The van der Waals surface area contributed by atoms with E-state index in [2.05, 4.69) is 0 Å². The van der Waals surface area contributed by atoms with Gasteiger partial charge in [-0.2, -0.15) is 0 Å². The summed E-state index contributed by atoms with van der Waals surface area (Å²) >= 11 is 0. The van der Waals surface area contributed by atoms with Crippen LogP contribution in [0.2, 0.25) is 0 Å². The molecule has 0 nitrogen and oxygen atoms in total. The van der Waals surface area contributed by atoms with Crippen LogP contribution in [0.15, 0.2) is 0 Å². The van der Waals surface area contributed by atoms with Gasteiger partial charge < -0.3 is 71.9 Å². The van der Waals surface area contributed by atoms with Gasteiger partial charge in [-0.25, -0.2) is 0 Å². The second kappa shape index (κ2) is 17.2. The van der Waals surface area contributed by atoms with Gasteiger partial charge in [0.1, 0.15) is 0 Å². The van der Waals surface area contributed by atoms with E-state index in [1.54, 1.807) is 0 Å². The van der Waals surface area contributed by atoms with Crippen LogP contribution >= 0.6 is 0 Å². The van der Waals surface area contributed by atoms with Gasteiger partial charge in [0.15, 0.2) is 0 Å². The first-order chi connectivity index (χ1) is 0. The zero-order valence-corrected chi connectivity index (χ0v) is 9.34. The van der Waals surface area contributed by atoms with Gasteiger partial charge in [-0.1, -0.05) is 0 Å². The molecule has 0 aromatic heterocycles. The van der Waals surface area contributed by atoms with Gasteiger partial charge in [0.25, 0.3) is 0 Å². The maximum atomic E-state index is 0. The molecule has 24 valence electrons. The zero-order valence-electron chi connectivity index (χ0n) is 1.71. The molecule has 4 heteroatoms. The SMILES string of the molecule is [Al+3].[I-].[I-].[I-]. The molecule has 0 amide bonds. The Morgan fingerprint density at radius 3 is 0.500 bits per heavy atom. The Balaban J connectivity index is 0. The first-order valence-corrected chi connectivity index (χ1v) is 0. The maximum Gasteiger partial charge on any atom is 3.00 e. The van der Waals surface area contributed by atoms with E-state index in [0.717, 1.165) is 0 Å². The summed E-state index contributed by atoms with van der Waals surface area (Å²) in [6.45, 7) is 0. The molecule has 0 heterocycles. The summed E-state index contributed by atoms with van der Waals surface area (Å²) in [6, 6.07) is 0. The van der Waals surface area contributed by atoms with Crippen molar-refractivity contribution in [2.45, 2.75) is 0 Å². The van der Waals surface area contributed by atoms with E-state index in [0.29, 0.717) is 0 Å². The molecule has 0 radical (unpaired) electrons. The molecule has 0 aliphatic carbocycles. The fraction of sp³-hybridized carbons (Fsp3) is 0. The third kappa shape index (κ3) is 8.83. The first-order valence-electron chi connectivity index (χ1n) is 0. The Morgan fingerprint density at radius 1 is 0.500 bits per heavy atom. The molecule has 0 bridgehead atoms. The maximum absolute atomic E-state index is 0. The number of hydrogen-bond donors (Lipinski definition) is 0. The van der Waals surface area contributed by atoms with Crippen molar-refractivity contribution in [1.82, 2.24) is 0 Å². The molecule has 0 fully saturated rings. The van der Waals surface area contributed by atoms with E-state index in [-0.39, 0.29) is 89.3 Å². The van der Waals surface area contributed by atoms with Crippen molar-refractivity contribution in [1.29, 1.82) is 0 Å². The van der Waals surface area contributed by atoms with Gasteiger partial charge in [0.05, 0.1) is 0 Å². The van der Waals surface area contributed by atoms with Crippen LogP contribution in [0.5, 0.6) is 0 Å². The summed E-state index contributed by atoms with van der Waals surface area (Å²) < 4.78 is 0. The molecular formula is AlI3. The van der Waals surface area contributed by atoms with E-state index in [9.17, 15) is 0 Å². The summed E-state index contributed by atoms with van der Waals surface area (Å²) in [7, 11) is 0. The third-order valence-electron chi connectivity index (χ3n) is 0. The molecule has 4 heavy (non-hydrogen) atoms. The normalized spacial score (nSPS) is 0. The molecule has 0 saturated heterocycles. The molecule has 0 aromatic rings. The summed E-state index contributed by atoms with van der Waals surface area (Å²) in [4.78, 5) is 0. The average molecular weight is 408 g/mol. The second-order valence-corrected chi connectivity index (χ2v) is 0. The van der Waals surface area contributed by atoms with Crippen LogP contribution in [-0.2, 0) is 0 Å². The minimum atomic E-state index is 0. The van der Waals surface area contributed by atoms with Gasteiger partial charge in [-0.15, -0.1) is 0 Å². The van der Waals surface area contributed by atoms with Crippen LogP contribution in [0.25, 0.3) is 0 Å². The van der Waals surface area contributed by atoms with Crippen LogP contribution in [0.4, 0.5) is 0 Å². The van der Waals surface area contributed by atoms with Gasteiger partial charge in [0.2, 0.25) is 0 Å². The molecule has 0 N–H and O–H groups in total. The van der Waals surface area contributed by atoms with Crippen molar-refractivity contribution in [3.63, 3.8) is 0 Å². The molecule has 0 aliphatic rings. The topological polar surface area (TPSA) is 0 Å². The third-order valence-corrected chi connectivity index (χ3v) is 0. The minimum absolute atomic E-state index is 0. The predicted octanol–water partition coefficient (Wildman–Crippen LogP) is -9.37. The van der Waals surface area contributed by atoms with Gasteiger partial charge >= 0.3 is 17.4 Å². The molecule has 0 rings (SSSR count). The Kier molecular flexibility index (Phi) is 128.